The SMILES string of the molecule is CC(C)[C@@H](CC(=O)Cl)NC(=O)OCC1c2ccccc2-c2ccccc21. The molecule has 3 rings (SSSR count). The van der Waals surface area contributed by atoms with Crippen molar-refractivity contribution in [3.63, 3.8) is 0 Å². The summed E-state index contributed by atoms with van der Waals surface area (Å²) in [5.41, 5.74) is 4.70. The average Bonchev–Trinajstić information content (AvgIpc) is 2.93. The summed E-state index contributed by atoms with van der Waals surface area (Å²) < 4.78 is 5.50. The van der Waals surface area contributed by atoms with Crippen molar-refractivity contribution >= 4 is 22.9 Å². The van der Waals surface area contributed by atoms with E-state index in [0.29, 0.717) is 0 Å². The average molecular weight is 372 g/mol. The maximum Gasteiger partial charge on any atom is 0.407 e. The van der Waals surface area contributed by atoms with E-state index in [2.05, 4.69) is 29.6 Å². The van der Waals surface area contributed by atoms with E-state index in [1.54, 1.807) is 0 Å². The number of fused-ring (bicyclic) bond motifs is 3. The van der Waals surface area contributed by atoms with Crippen molar-refractivity contribution in [1.29, 1.82) is 0 Å². The van der Waals surface area contributed by atoms with Crippen molar-refractivity contribution in [2.75, 3.05) is 6.61 Å². The number of benzene rings is 2. The molecular formula is C21H22ClNO3. The minimum atomic E-state index is -0.525. The fraction of sp³-hybridized carbons (Fsp3) is 0.333. The number of ether oxygens (including phenoxy) is 1. The predicted molar refractivity (Wildman–Crippen MR) is 102 cm³/mol. The molecule has 0 radical (unpaired) electrons. The lowest BCUT2D eigenvalue weighted by Gasteiger charge is -2.21. The van der Waals surface area contributed by atoms with Crippen LogP contribution in [0.25, 0.3) is 11.1 Å². The smallest absolute Gasteiger partial charge is 0.407 e. The van der Waals surface area contributed by atoms with E-state index in [1.807, 2.05) is 38.1 Å². The second-order valence-electron chi connectivity index (χ2n) is 6.88. The van der Waals surface area contributed by atoms with Crippen LogP contribution < -0.4 is 5.32 Å². The van der Waals surface area contributed by atoms with Gasteiger partial charge in [-0.3, -0.25) is 4.79 Å². The molecule has 1 aliphatic carbocycles. The summed E-state index contributed by atoms with van der Waals surface area (Å²) in [6, 6.07) is 16.0. The number of alkyl carbamates (subject to hydrolysis) is 1. The molecule has 0 aliphatic heterocycles. The minimum Gasteiger partial charge on any atom is -0.449 e. The van der Waals surface area contributed by atoms with Crippen molar-refractivity contribution in [1.82, 2.24) is 5.32 Å². The number of hydrogen-bond donors (Lipinski definition) is 1. The van der Waals surface area contributed by atoms with Gasteiger partial charge in [0.1, 0.15) is 6.61 Å². The lowest BCUT2D eigenvalue weighted by Crippen LogP contribution is -2.40. The molecule has 2 aromatic rings. The van der Waals surface area contributed by atoms with Crippen molar-refractivity contribution in [2.45, 2.75) is 32.2 Å². The highest BCUT2D eigenvalue weighted by molar-refractivity contribution is 6.63. The Labute approximate surface area is 158 Å². The first kappa shape index (κ1) is 18.5. The van der Waals surface area contributed by atoms with Crippen molar-refractivity contribution in [3.8, 4) is 11.1 Å². The molecule has 1 amide bonds. The van der Waals surface area contributed by atoms with Gasteiger partial charge in [-0.05, 0) is 39.8 Å². The van der Waals surface area contributed by atoms with Gasteiger partial charge >= 0.3 is 6.09 Å². The van der Waals surface area contributed by atoms with E-state index in [9.17, 15) is 9.59 Å². The van der Waals surface area contributed by atoms with Gasteiger partial charge in [0, 0.05) is 18.4 Å². The van der Waals surface area contributed by atoms with E-state index in [0.717, 1.165) is 11.1 Å². The van der Waals surface area contributed by atoms with E-state index < -0.39 is 11.3 Å². The zero-order chi connectivity index (χ0) is 18.7. The van der Waals surface area contributed by atoms with E-state index in [-0.39, 0.29) is 30.9 Å². The maximum absolute atomic E-state index is 12.2. The molecule has 1 atom stereocenters. The number of carbonyl (C=O) groups is 2. The standard InChI is InChI=1S/C21H22ClNO3/c1-13(2)19(11-20(22)24)23-21(25)26-12-18-16-9-5-3-7-14(16)15-8-4-6-10-17(15)18/h3-10,13,18-19H,11-12H2,1-2H3,(H,23,25)/t19-/m1/s1. The minimum absolute atomic E-state index is 0.0142. The van der Waals surface area contributed by atoms with Gasteiger partial charge in [-0.1, -0.05) is 62.4 Å². The molecular weight excluding hydrogens is 350 g/mol. The number of rotatable bonds is 6. The Hall–Kier alpha value is -2.33. The molecule has 1 aliphatic rings. The van der Waals surface area contributed by atoms with Crippen LogP contribution in [0.5, 0.6) is 0 Å². The Morgan fingerprint density at radius 1 is 1.04 bits per heavy atom. The van der Waals surface area contributed by atoms with Crippen molar-refractivity contribution in [2.24, 2.45) is 5.92 Å². The van der Waals surface area contributed by atoms with Crippen LogP contribution in [0, 0.1) is 5.92 Å². The molecule has 0 saturated heterocycles. The third-order valence-electron chi connectivity index (χ3n) is 4.83. The van der Waals surface area contributed by atoms with Crippen molar-refractivity contribution in [3.05, 3.63) is 59.7 Å². The second-order valence-corrected chi connectivity index (χ2v) is 7.30. The van der Waals surface area contributed by atoms with Crippen LogP contribution in [0.15, 0.2) is 48.5 Å². The zero-order valence-electron chi connectivity index (χ0n) is 14.9. The highest BCUT2D eigenvalue weighted by atomic mass is 35.5. The number of amides is 1. The number of carbonyl (C=O) groups excluding carboxylic acids is 2. The predicted octanol–water partition coefficient (Wildman–Crippen LogP) is 4.71. The molecule has 2 aromatic carbocycles. The monoisotopic (exact) mass is 371 g/mol. The maximum atomic E-state index is 12.2. The lowest BCUT2D eigenvalue weighted by molar-refractivity contribution is -0.112. The summed E-state index contributed by atoms with van der Waals surface area (Å²) >= 11 is 5.46. The third-order valence-corrected chi connectivity index (χ3v) is 4.99. The van der Waals surface area contributed by atoms with Crippen LogP contribution in [0.2, 0.25) is 0 Å². The van der Waals surface area contributed by atoms with Gasteiger partial charge in [0.15, 0.2) is 0 Å². The highest BCUT2D eigenvalue weighted by Crippen LogP contribution is 2.44. The van der Waals surface area contributed by atoms with Crippen molar-refractivity contribution < 1.29 is 14.3 Å². The molecule has 0 bridgehead atoms. The summed E-state index contributed by atoms with van der Waals surface area (Å²) in [4.78, 5) is 23.4. The van der Waals surface area contributed by atoms with Gasteiger partial charge in [-0.2, -0.15) is 0 Å². The Morgan fingerprint density at radius 2 is 1.58 bits per heavy atom. The molecule has 0 heterocycles. The summed E-state index contributed by atoms with van der Waals surface area (Å²) in [5, 5.41) is 2.28. The third kappa shape index (κ3) is 3.91. The molecule has 0 aromatic heterocycles. The molecule has 0 unspecified atom stereocenters. The summed E-state index contributed by atoms with van der Waals surface area (Å²) in [6.45, 7) is 4.10. The van der Waals surface area contributed by atoms with Gasteiger partial charge in [0.2, 0.25) is 5.24 Å². The Bertz CT molecular complexity index is 773. The van der Waals surface area contributed by atoms with Gasteiger partial charge in [-0.25, -0.2) is 4.79 Å². The first-order valence-electron chi connectivity index (χ1n) is 8.77. The summed E-state index contributed by atoms with van der Waals surface area (Å²) in [5.74, 6) is 0.0958. The Morgan fingerprint density at radius 3 is 2.08 bits per heavy atom. The van der Waals surface area contributed by atoms with Crippen LogP contribution in [0.4, 0.5) is 4.79 Å². The van der Waals surface area contributed by atoms with Crippen LogP contribution in [0.1, 0.15) is 37.3 Å². The lowest BCUT2D eigenvalue weighted by atomic mass is 9.98. The summed E-state index contributed by atoms with van der Waals surface area (Å²) in [6.07, 6.45) is -0.438. The molecule has 0 fully saturated rings. The van der Waals surface area contributed by atoms with Gasteiger partial charge < -0.3 is 10.1 Å². The van der Waals surface area contributed by atoms with Crippen LogP contribution in [-0.2, 0) is 9.53 Å². The van der Waals surface area contributed by atoms with E-state index in [1.165, 1.54) is 11.1 Å². The van der Waals surface area contributed by atoms with Crippen LogP contribution in [0.3, 0.4) is 0 Å². The molecule has 26 heavy (non-hydrogen) atoms. The molecule has 5 heteroatoms. The quantitative estimate of drug-likeness (QED) is 0.748. The van der Waals surface area contributed by atoms with Gasteiger partial charge in [0.05, 0.1) is 0 Å². The number of nitrogens with one attached hydrogen (secondary N) is 1. The van der Waals surface area contributed by atoms with Crippen LogP contribution >= 0.6 is 11.6 Å². The fourth-order valence-electron chi connectivity index (χ4n) is 3.42. The molecule has 136 valence electrons. The number of hydrogen-bond acceptors (Lipinski definition) is 3. The van der Waals surface area contributed by atoms with Gasteiger partial charge in [0.25, 0.3) is 0 Å². The van der Waals surface area contributed by atoms with E-state index in [4.69, 9.17) is 16.3 Å². The largest absolute Gasteiger partial charge is 0.449 e. The molecule has 0 saturated carbocycles. The molecule has 0 spiro atoms. The van der Waals surface area contributed by atoms with E-state index >= 15 is 0 Å². The first-order valence-corrected chi connectivity index (χ1v) is 9.15. The second kappa shape index (κ2) is 7.92. The topological polar surface area (TPSA) is 55.4 Å². The molecule has 1 N–H and O–H groups in total. The molecule has 4 nitrogen and oxygen atoms in total. The number of halogens is 1. The normalized spacial score (nSPS) is 13.8. The Balaban J connectivity index is 1.70. The summed E-state index contributed by atoms with van der Waals surface area (Å²) in [7, 11) is 0. The first-order chi connectivity index (χ1) is 12.5. The van der Waals surface area contributed by atoms with Crippen LogP contribution in [-0.4, -0.2) is 24.0 Å². The zero-order valence-corrected chi connectivity index (χ0v) is 15.6. The Kier molecular flexibility index (Phi) is 5.62. The highest BCUT2D eigenvalue weighted by Gasteiger charge is 2.29. The van der Waals surface area contributed by atoms with Gasteiger partial charge in [-0.15, -0.1) is 0 Å². The fourth-order valence-corrected chi connectivity index (χ4v) is 3.58.